The molecule has 1 aliphatic rings. The monoisotopic (exact) mass is 345 g/mol. The van der Waals surface area contributed by atoms with Gasteiger partial charge >= 0.3 is 0 Å². The number of hydrogen-bond acceptors (Lipinski definition) is 2. The van der Waals surface area contributed by atoms with Crippen LogP contribution in [0.3, 0.4) is 0 Å². The van der Waals surface area contributed by atoms with Crippen LogP contribution in [0.25, 0.3) is 0 Å². The van der Waals surface area contributed by atoms with Crippen molar-refractivity contribution in [1.82, 2.24) is 5.32 Å². The third kappa shape index (κ3) is 3.20. The molecule has 0 radical (unpaired) electrons. The summed E-state index contributed by atoms with van der Waals surface area (Å²) in [4.78, 5) is 0. The Hall–Kier alpha value is -0.130. The number of hydrogen-bond donors (Lipinski definition) is 1. The lowest BCUT2D eigenvalue weighted by atomic mass is 9.95. The lowest BCUT2D eigenvalue weighted by Crippen LogP contribution is -2.23. The van der Waals surface area contributed by atoms with E-state index in [0.29, 0.717) is 5.41 Å². The first-order valence-corrected chi connectivity index (χ1v) is 7.20. The van der Waals surface area contributed by atoms with Crippen molar-refractivity contribution in [1.29, 1.82) is 0 Å². The molecule has 2 unspecified atom stereocenters. The zero-order valence-electron chi connectivity index (χ0n) is 10.5. The van der Waals surface area contributed by atoms with E-state index in [1.54, 1.807) is 7.11 Å². The van der Waals surface area contributed by atoms with Crippen LogP contribution < -0.4 is 5.32 Å². The summed E-state index contributed by atoms with van der Waals surface area (Å²) in [5, 5.41) is 3.46. The first-order valence-electron chi connectivity index (χ1n) is 6.12. The minimum Gasteiger partial charge on any atom is -0.383 e. The molecule has 17 heavy (non-hydrogen) atoms. The van der Waals surface area contributed by atoms with E-state index in [1.807, 2.05) is 0 Å². The van der Waals surface area contributed by atoms with Gasteiger partial charge in [0.15, 0.2) is 0 Å². The Morgan fingerprint density at radius 1 is 1.41 bits per heavy atom. The van der Waals surface area contributed by atoms with Crippen molar-refractivity contribution in [2.45, 2.75) is 18.8 Å². The average Bonchev–Trinajstić information content (AvgIpc) is 2.98. The van der Waals surface area contributed by atoms with Gasteiger partial charge in [-0.3, -0.25) is 0 Å². The Morgan fingerprint density at radius 2 is 2.12 bits per heavy atom. The number of nitrogens with one attached hydrogen (secondary N) is 1. The van der Waals surface area contributed by atoms with Crippen LogP contribution in [0.5, 0.6) is 0 Å². The van der Waals surface area contributed by atoms with E-state index in [4.69, 9.17) is 4.74 Å². The van der Waals surface area contributed by atoms with Gasteiger partial charge in [0.2, 0.25) is 0 Å². The molecule has 1 aliphatic carbocycles. The van der Waals surface area contributed by atoms with Gasteiger partial charge in [0, 0.05) is 17.2 Å². The lowest BCUT2D eigenvalue weighted by Gasteiger charge is -2.12. The maximum atomic E-state index is 5.03. The summed E-state index contributed by atoms with van der Waals surface area (Å²) >= 11 is 2.36. The molecule has 1 fully saturated rings. The largest absolute Gasteiger partial charge is 0.383 e. The molecule has 1 saturated carbocycles. The predicted octanol–water partition coefficient (Wildman–Crippen LogP) is 2.80. The average molecular weight is 345 g/mol. The molecular weight excluding hydrogens is 325 g/mol. The van der Waals surface area contributed by atoms with Crippen LogP contribution in [-0.4, -0.2) is 26.8 Å². The Labute approximate surface area is 117 Å². The van der Waals surface area contributed by atoms with Gasteiger partial charge < -0.3 is 10.1 Å². The predicted molar refractivity (Wildman–Crippen MR) is 79.4 cm³/mol. The van der Waals surface area contributed by atoms with E-state index in [0.717, 1.165) is 25.6 Å². The summed E-state index contributed by atoms with van der Waals surface area (Å²) in [5.74, 6) is 0.777. The first-order chi connectivity index (χ1) is 8.16. The zero-order chi connectivity index (χ0) is 12.3. The van der Waals surface area contributed by atoms with Gasteiger partial charge in [0.1, 0.15) is 0 Å². The van der Waals surface area contributed by atoms with Crippen LogP contribution in [0, 0.1) is 9.49 Å². The molecule has 1 aromatic rings. The number of halogens is 1. The van der Waals surface area contributed by atoms with Crippen molar-refractivity contribution in [3.05, 3.63) is 33.4 Å². The van der Waals surface area contributed by atoms with Crippen LogP contribution in [0.1, 0.15) is 18.9 Å². The maximum absolute atomic E-state index is 5.03. The van der Waals surface area contributed by atoms with E-state index in [-0.39, 0.29) is 0 Å². The molecule has 1 aromatic carbocycles. The first kappa shape index (κ1) is 13.3. The smallest absolute Gasteiger partial charge is 0.0587 e. The molecule has 0 spiro atoms. The highest BCUT2D eigenvalue weighted by atomic mass is 127. The third-order valence-electron chi connectivity index (χ3n) is 3.79. The van der Waals surface area contributed by atoms with Crippen LogP contribution >= 0.6 is 22.6 Å². The molecule has 0 bridgehead atoms. The molecule has 2 nitrogen and oxygen atoms in total. The normalized spacial score (nSPS) is 27.1. The summed E-state index contributed by atoms with van der Waals surface area (Å²) < 4.78 is 6.34. The van der Waals surface area contributed by atoms with Gasteiger partial charge in [0.25, 0.3) is 0 Å². The van der Waals surface area contributed by atoms with Crippen molar-refractivity contribution in [3.63, 3.8) is 0 Å². The second-order valence-corrected chi connectivity index (χ2v) is 6.27. The van der Waals surface area contributed by atoms with Crippen LogP contribution in [-0.2, 0) is 10.2 Å². The molecular formula is C14H20INO. The van der Waals surface area contributed by atoms with Crippen molar-refractivity contribution in [3.8, 4) is 0 Å². The van der Waals surface area contributed by atoms with Crippen LogP contribution in [0.2, 0.25) is 0 Å². The highest BCUT2D eigenvalue weighted by molar-refractivity contribution is 14.1. The maximum Gasteiger partial charge on any atom is 0.0587 e. The lowest BCUT2D eigenvalue weighted by molar-refractivity contribution is 0.199. The fraction of sp³-hybridized carbons (Fsp3) is 0.571. The molecule has 0 aromatic heterocycles. The Morgan fingerprint density at radius 3 is 2.76 bits per heavy atom. The number of benzene rings is 1. The SMILES string of the molecule is COCCNCC1CC1(C)c1ccc(I)cc1. The zero-order valence-corrected chi connectivity index (χ0v) is 12.7. The van der Waals surface area contributed by atoms with Gasteiger partial charge in [-0.05, 0) is 64.6 Å². The summed E-state index contributed by atoms with van der Waals surface area (Å²) in [6, 6.07) is 8.96. The van der Waals surface area contributed by atoms with E-state index in [1.165, 1.54) is 15.6 Å². The van der Waals surface area contributed by atoms with Crippen molar-refractivity contribution in [2.75, 3.05) is 26.8 Å². The molecule has 0 heterocycles. The van der Waals surface area contributed by atoms with E-state index in [2.05, 4.69) is 59.1 Å². The minimum absolute atomic E-state index is 0.393. The Balaban J connectivity index is 1.84. The highest BCUT2D eigenvalue weighted by Gasteiger charge is 2.50. The van der Waals surface area contributed by atoms with E-state index in [9.17, 15) is 0 Å². The van der Waals surface area contributed by atoms with Gasteiger partial charge in [0.05, 0.1) is 6.61 Å². The highest BCUT2D eigenvalue weighted by Crippen LogP contribution is 2.53. The summed E-state index contributed by atoms with van der Waals surface area (Å²) in [6.45, 7) is 5.23. The van der Waals surface area contributed by atoms with Crippen molar-refractivity contribution >= 4 is 22.6 Å². The molecule has 2 atom stereocenters. The summed E-state index contributed by atoms with van der Waals surface area (Å²) in [5.41, 5.74) is 1.88. The third-order valence-corrected chi connectivity index (χ3v) is 4.51. The molecule has 0 amide bonds. The molecule has 94 valence electrons. The molecule has 0 aliphatic heterocycles. The molecule has 1 N–H and O–H groups in total. The van der Waals surface area contributed by atoms with Crippen LogP contribution in [0.15, 0.2) is 24.3 Å². The van der Waals surface area contributed by atoms with Crippen molar-refractivity contribution in [2.24, 2.45) is 5.92 Å². The molecule has 3 heteroatoms. The van der Waals surface area contributed by atoms with Gasteiger partial charge in [-0.15, -0.1) is 0 Å². The Bertz CT molecular complexity index is 365. The van der Waals surface area contributed by atoms with Gasteiger partial charge in [-0.1, -0.05) is 19.1 Å². The summed E-state index contributed by atoms with van der Waals surface area (Å²) in [7, 11) is 1.74. The van der Waals surface area contributed by atoms with Crippen molar-refractivity contribution < 1.29 is 4.74 Å². The fourth-order valence-corrected chi connectivity index (χ4v) is 2.74. The molecule has 0 saturated heterocycles. The second-order valence-electron chi connectivity index (χ2n) is 5.02. The second kappa shape index (κ2) is 5.67. The quantitative estimate of drug-likeness (QED) is 0.632. The van der Waals surface area contributed by atoms with Gasteiger partial charge in [-0.25, -0.2) is 0 Å². The number of ether oxygens (including phenoxy) is 1. The standard InChI is InChI=1S/C14H20INO/c1-14(11-3-5-13(15)6-4-11)9-12(14)10-16-7-8-17-2/h3-6,12,16H,7-10H2,1-2H3. The Kier molecular flexibility index (Phi) is 4.44. The van der Waals surface area contributed by atoms with E-state index >= 15 is 0 Å². The number of rotatable bonds is 6. The minimum atomic E-state index is 0.393. The number of methoxy groups -OCH3 is 1. The molecule has 2 rings (SSSR count). The van der Waals surface area contributed by atoms with Gasteiger partial charge in [-0.2, -0.15) is 0 Å². The fourth-order valence-electron chi connectivity index (χ4n) is 2.39. The topological polar surface area (TPSA) is 21.3 Å². The summed E-state index contributed by atoms with van der Waals surface area (Å²) in [6.07, 6.45) is 1.30. The van der Waals surface area contributed by atoms with Crippen LogP contribution in [0.4, 0.5) is 0 Å². The van der Waals surface area contributed by atoms with E-state index < -0.39 is 0 Å².